The molecule has 0 fully saturated rings. The van der Waals surface area contributed by atoms with Crippen LogP contribution >= 0.6 is 0 Å². The van der Waals surface area contributed by atoms with Gasteiger partial charge in [0, 0.05) is 30.2 Å². The predicted octanol–water partition coefficient (Wildman–Crippen LogP) is 3.11. The SMILES string of the molecule is CNc1ncc2cc(-c3cc(N)c(F)cc3C)c(=O)n(C(C)C)c2n1. The van der Waals surface area contributed by atoms with Crippen LogP contribution in [0.3, 0.4) is 0 Å². The normalized spacial score (nSPS) is 11.3. The van der Waals surface area contributed by atoms with Crippen LogP contribution in [-0.2, 0) is 0 Å². The Hall–Kier alpha value is -2.96. The number of fused-ring (bicyclic) bond motifs is 1. The van der Waals surface area contributed by atoms with E-state index in [1.807, 2.05) is 13.8 Å². The van der Waals surface area contributed by atoms with Crippen LogP contribution in [0.1, 0.15) is 25.5 Å². The standard InChI is InChI=1S/C18H20FN5O/c1-9(2)24-16-11(8-22-18(21-4)23-16)6-13(17(24)25)12-7-15(20)14(19)5-10(12)3/h5-9H,20H2,1-4H3,(H,21,22,23). The second-order valence-electron chi connectivity index (χ2n) is 6.24. The minimum Gasteiger partial charge on any atom is -0.396 e. The summed E-state index contributed by atoms with van der Waals surface area (Å²) in [6, 6.07) is 4.47. The summed E-state index contributed by atoms with van der Waals surface area (Å²) in [6.45, 7) is 5.58. The fourth-order valence-corrected chi connectivity index (χ4v) is 2.89. The highest BCUT2D eigenvalue weighted by Crippen LogP contribution is 2.28. The number of aromatic nitrogens is 3. The van der Waals surface area contributed by atoms with Gasteiger partial charge >= 0.3 is 0 Å². The van der Waals surface area contributed by atoms with E-state index < -0.39 is 5.82 Å². The topological polar surface area (TPSA) is 85.8 Å². The van der Waals surface area contributed by atoms with Gasteiger partial charge in [0.15, 0.2) is 0 Å². The number of hydrogen-bond acceptors (Lipinski definition) is 5. The van der Waals surface area contributed by atoms with E-state index in [0.717, 1.165) is 5.39 Å². The van der Waals surface area contributed by atoms with Crippen LogP contribution in [0, 0.1) is 12.7 Å². The number of nitrogens with two attached hydrogens (primary N) is 1. The van der Waals surface area contributed by atoms with Gasteiger partial charge in [0.25, 0.3) is 5.56 Å². The molecule has 0 bridgehead atoms. The van der Waals surface area contributed by atoms with Crippen LogP contribution < -0.4 is 16.6 Å². The lowest BCUT2D eigenvalue weighted by Gasteiger charge is -2.17. The van der Waals surface area contributed by atoms with E-state index in [0.29, 0.717) is 28.3 Å². The van der Waals surface area contributed by atoms with Gasteiger partial charge in [-0.05, 0) is 50.1 Å². The third kappa shape index (κ3) is 2.82. The molecule has 2 aromatic heterocycles. The summed E-state index contributed by atoms with van der Waals surface area (Å²) in [6.07, 6.45) is 1.66. The molecule has 0 aliphatic heterocycles. The number of nitrogens with one attached hydrogen (secondary N) is 1. The van der Waals surface area contributed by atoms with Crippen molar-refractivity contribution in [3.05, 3.63) is 46.1 Å². The van der Waals surface area contributed by atoms with Crippen molar-refractivity contribution in [2.45, 2.75) is 26.8 Å². The molecule has 0 aliphatic carbocycles. The highest BCUT2D eigenvalue weighted by molar-refractivity contribution is 5.83. The van der Waals surface area contributed by atoms with Crippen molar-refractivity contribution in [2.75, 3.05) is 18.1 Å². The number of benzene rings is 1. The molecule has 2 heterocycles. The molecule has 0 atom stereocenters. The maximum atomic E-state index is 13.7. The average molecular weight is 341 g/mol. The van der Waals surface area contributed by atoms with Crippen molar-refractivity contribution in [2.24, 2.45) is 0 Å². The molecule has 3 N–H and O–H groups in total. The van der Waals surface area contributed by atoms with E-state index in [4.69, 9.17) is 5.73 Å². The Morgan fingerprint density at radius 2 is 1.96 bits per heavy atom. The van der Waals surface area contributed by atoms with Crippen molar-refractivity contribution in [1.29, 1.82) is 0 Å². The molecule has 0 saturated heterocycles. The zero-order valence-corrected chi connectivity index (χ0v) is 14.6. The molecule has 7 heteroatoms. The van der Waals surface area contributed by atoms with Crippen LogP contribution in [0.4, 0.5) is 16.0 Å². The van der Waals surface area contributed by atoms with Gasteiger partial charge in [-0.2, -0.15) is 4.98 Å². The molecule has 130 valence electrons. The first-order valence-corrected chi connectivity index (χ1v) is 7.99. The van der Waals surface area contributed by atoms with Gasteiger partial charge in [-0.25, -0.2) is 9.37 Å². The fourth-order valence-electron chi connectivity index (χ4n) is 2.89. The van der Waals surface area contributed by atoms with Gasteiger partial charge in [-0.15, -0.1) is 0 Å². The van der Waals surface area contributed by atoms with E-state index in [2.05, 4.69) is 15.3 Å². The fraction of sp³-hybridized carbons (Fsp3) is 0.278. The average Bonchev–Trinajstić information content (AvgIpc) is 2.57. The summed E-state index contributed by atoms with van der Waals surface area (Å²) in [7, 11) is 1.72. The van der Waals surface area contributed by atoms with Crippen LogP contribution in [0.5, 0.6) is 0 Å². The summed E-state index contributed by atoms with van der Waals surface area (Å²) in [5.74, 6) is -0.0514. The molecule has 0 spiro atoms. The van der Waals surface area contributed by atoms with Crippen molar-refractivity contribution >= 4 is 22.7 Å². The number of aryl methyl sites for hydroxylation is 1. The van der Waals surface area contributed by atoms with Crippen molar-refractivity contribution < 1.29 is 4.39 Å². The van der Waals surface area contributed by atoms with Crippen molar-refractivity contribution in [3.8, 4) is 11.1 Å². The Labute approximate surface area is 144 Å². The molecule has 0 unspecified atom stereocenters. The molecule has 3 rings (SSSR count). The highest BCUT2D eigenvalue weighted by atomic mass is 19.1. The van der Waals surface area contributed by atoms with E-state index >= 15 is 0 Å². The molecular formula is C18H20FN5O. The summed E-state index contributed by atoms with van der Waals surface area (Å²) in [5, 5.41) is 3.60. The van der Waals surface area contributed by atoms with Crippen LogP contribution in [-0.4, -0.2) is 21.6 Å². The number of hydrogen-bond donors (Lipinski definition) is 2. The highest BCUT2D eigenvalue weighted by Gasteiger charge is 2.17. The first kappa shape index (κ1) is 16.9. The number of anilines is 2. The zero-order chi connectivity index (χ0) is 18.3. The number of nitrogens with zero attached hydrogens (tertiary/aromatic N) is 3. The molecule has 25 heavy (non-hydrogen) atoms. The lowest BCUT2D eigenvalue weighted by atomic mass is 9.99. The largest absolute Gasteiger partial charge is 0.396 e. The zero-order valence-electron chi connectivity index (χ0n) is 14.6. The molecule has 0 amide bonds. The Morgan fingerprint density at radius 1 is 1.24 bits per heavy atom. The predicted molar refractivity (Wildman–Crippen MR) is 98.3 cm³/mol. The van der Waals surface area contributed by atoms with Crippen LogP contribution in [0.2, 0.25) is 0 Å². The van der Waals surface area contributed by atoms with Gasteiger partial charge in [-0.1, -0.05) is 0 Å². The smallest absolute Gasteiger partial charge is 0.260 e. The Morgan fingerprint density at radius 3 is 2.60 bits per heavy atom. The van der Waals surface area contributed by atoms with Gasteiger partial charge in [0.1, 0.15) is 11.5 Å². The maximum absolute atomic E-state index is 13.7. The monoisotopic (exact) mass is 341 g/mol. The van der Waals surface area contributed by atoms with Crippen molar-refractivity contribution in [1.82, 2.24) is 14.5 Å². The summed E-state index contributed by atoms with van der Waals surface area (Å²) in [5.41, 5.74) is 7.78. The number of pyridine rings is 1. The molecule has 0 radical (unpaired) electrons. The lowest BCUT2D eigenvalue weighted by Crippen LogP contribution is -2.25. The molecular weight excluding hydrogens is 321 g/mol. The molecule has 3 aromatic rings. The van der Waals surface area contributed by atoms with E-state index in [1.54, 1.807) is 30.8 Å². The summed E-state index contributed by atoms with van der Waals surface area (Å²) in [4.78, 5) is 21.8. The molecule has 6 nitrogen and oxygen atoms in total. The Kier molecular flexibility index (Phi) is 4.16. The van der Waals surface area contributed by atoms with E-state index in [9.17, 15) is 9.18 Å². The summed E-state index contributed by atoms with van der Waals surface area (Å²) < 4.78 is 15.3. The van der Waals surface area contributed by atoms with E-state index in [1.165, 1.54) is 12.1 Å². The van der Waals surface area contributed by atoms with Crippen LogP contribution in [0.25, 0.3) is 22.2 Å². The van der Waals surface area contributed by atoms with Crippen molar-refractivity contribution in [3.63, 3.8) is 0 Å². The Balaban J connectivity index is 2.40. The third-order valence-electron chi connectivity index (χ3n) is 4.15. The first-order valence-electron chi connectivity index (χ1n) is 7.99. The van der Waals surface area contributed by atoms with Gasteiger partial charge in [0.05, 0.1) is 5.69 Å². The minimum atomic E-state index is -0.492. The minimum absolute atomic E-state index is 0.0120. The summed E-state index contributed by atoms with van der Waals surface area (Å²) >= 11 is 0. The lowest BCUT2D eigenvalue weighted by molar-refractivity contribution is 0.596. The Bertz CT molecular complexity index is 1030. The van der Waals surface area contributed by atoms with Gasteiger partial charge < -0.3 is 11.1 Å². The van der Waals surface area contributed by atoms with Gasteiger partial charge in [-0.3, -0.25) is 9.36 Å². The maximum Gasteiger partial charge on any atom is 0.260 e. The number of rotatable bonds is 3. The van der Waals surface area contributed by atoms with Gasteiger partial charge in [0.2, 0.25) is 5.95 Å². The molecule has 0 saturated carbocycles. The quantitative estimate of drug-likeness (QED) is 0.715. The molecule has 0 aliphatic rings. The number of halogens is 1. The third-order valence-corrected chi connectivity index (χ3v) is 4.15. The first-order chi connectivity index (χ1) is 11.8. The molecule has 1 aromatic carbocycles. The van der Waals surface area contributed by atoms with E-state index in [-0.39, 0.29) is 17.3 Å². The second kappa shape index (κ2) is 6.16. The van der Waals surface area contributed by atoms with Crippen LogP contribution in [0.15, 0.2) is 29.2 Å². The second-order valence-corrected chi connectivity index (χ2v) is 6.24. The number of nitrogen functional groups attached to an aromatic ring is 1.